The Morgan fingerprint density at radius 1 is 1.47 bits per heavy atom. The van der Waals surface area contributed by atoms with E-state index in [2.05, 4.69) is 29.3 Å². The minimum atomic E-state index is -0.406. The highest BCUT2D eigenvalue weighted by molar-refractivity contribution is 7.99. The van der Waals surface area contributed by atoms with Crippen LogP contribution in [0.3, 0.4) is 0 Å². The standard InChI is InChI=1S/C13H23N3O2S/c1-4-13(5-2,17-3)12-15-11(18-16-12)8-10-9-19-7-6-14-10/h10,14H,4-9H2,1-3H3. The van der Waals surface area contributed by atoms with Crippen molar-refractivity contribution in [2.75, 3.05) is 25.2 Å². The van der Waals surface area contributed by atoms with E-state index in [1.807, 2.05) is 11.8 Å². The van der Waals surface area contributed by atoms with Gasteiger partial charge >= 0.3 is 0 Å². The molecule has 1 unspecified atom stereocenters. The van der Waals surface area contributed by atoms with Crippen molar-refractivity contribution in [3.05, 3.63) is 11.7 Å². The first-order chi connectivity index (χ1) is 9.24. The molecule has 0 saturated carbocycles. The molecule has 1 aliphatic rings. The molecule has 1 fully saturated rings. The van der Waals surface area contributed by atoms with Crippen LogP contribution in [0.25, 0.3) is 0 Å². The van der Waals surface area contributed by atoms with Crippen LogP contribution in [0.15, 0.2) is 4.52 Å². The quantitative estimate of drug-likeness (QED) is 0.862. The van der Waals surface area contributed by atoms with Gasteiger partial charge in [0, 0.05) is 37.6 Å². The lowest BCUT2D eigenvalue weighted by Gasteiger charge is -2.26. The fourth-order valence-corrected chi connectivity index (χ4v) is 3.38. The maximum Gasteiger partial charge on any atom is 0.228 e. The summed E-state index contributed by atoms with van der Waals surface area (Å²) < 4.78 is 11.0. The second kappa shape index (κ2) is 6.72. The Hall–Kier alpha value is -0.590. The molecule has 0 amide bonds. The molecule has 6 heteroatoms. The number of aromatic nitrogens is 2. The summed E-state index contributed by atoms with van der Waals surface area (Å²) in [4.78, 5) is 4.54. The van der Waals surface area contributed by atoms with E-state index >= 15 is 0 Å². The van der Waals surface area contributed by atoms with Crippen LogP contribution in [-0.4, -0.2) is 41.3 Å². The van der Waals surface area contributed by atoms with E-state index < -0.39 is 5.60 Å². The molecule has 1 aliphatic heterocycles. The van der Waals surface area contributed by atoms with E-state index in [4.69, 9.17) is 9.26 Å². The second-order valence-corrected chi connectivity index (χ2v) is 6.00. The number of hydrogen-bond acceptors (Lipinski definition) is 6. The summed E-state index contributed by atoms with van der Waals surface area (Å²) in [7, 11) is 1.71. The van der Waals surface area contributed by atoms with Crippen LogP contribution in [0.2, 0.25) is 0 Å². The van der Waals surface area contributed by atoms with Gasteiger partial charge in [-0.25, -0.2) is 0 Å². The van der Waals surface area contributed by atoms with Crippen molar-refractivity contribution < 1.29 is 9.26 Å². The van der Waals surface area contributed by atoms with Gasteiger partial charge in [-0.05, 0) is 12.8 Å². The highest BCUT2D eigenvalue weighted by Gasteiger charge is 2.33. The van der Waals surface area contributed by atoms with E-state index in [1.54, 1.807) is 7.11 Å². The van der Waals surface area contributed by atoms with Crippen LogP contribution < -0.4 is 5.32 Å². The number of methoxy groups -OCH3 is 1. The van der Waals surface area contributed by atoms with E-state index in [1.165, 1.54) is 5.75 Å². The highest BCUT2D eigenvalue weighted by Crippen LogP contribution is 2.30. The third-order valence-electron chi connectivity index (χ3n) is 3.83. The minimum absolute atomic E-state index is 0.406. The molecule has 5 nitrogen and oxygen atoms in total. The van der Waals surface area contributed by atoms with Gasteiger partial charge in [0.05, 0.1) is 0 Å². The van der Waals surface area contributed by atoms with Crippen molar-refractivity contribution in [2.24, 2.45) is 0 Å². The van der Waals surface area contributed by atoms with Crippen molar-refractivity contribution >= 4 is 11.8 Å². The first-order valence-corrected chi connectivity index (χ1v) is 8.09. The highest BCUT2D eigenvalue weighted by atomic mass is 32.2. The summed E-state index contributed by atoms with van der Waals surface area (Å²) in [6.45, 7) is 5.23. The number of nitrogens with zero attached hydrogens (tertiary/aromatic N) is 2. The molecule has 19 heavy (non-hydrogen) atoms. The third-order valence-corrected chi connectivity index (χ3v) is 4.96. The van der Waals surface area contributed by atoms with E-state index in [-0.39, 0.29) is 0 Å². The molecule has 1 atom stereocenters. The van der Waals surface area contributed by atoms with Crippen molar-refractivity contribution in [3.63, 3.8) is 0 Å². The largest absolute Gasteiger partial charge is 0.370 e. The number of hydrogen-bond donors (Lipinski definition) is 1. The monoisotopic (exact) mass is 285 g/mol. The van der Waals surface area contributed by atoms with Crippen molar-refractivity contribution in [2.45, 2.75) is 44.8 Å². The maximum absolute atomic E-state index is 5.62. The average Bonchev–Trinajstić information content (AvgIpc) is 2.92. The molecule has 0 spiro atoms. The zero-order valence-corrected chi connectivity index (χ0v) is 12.8. The smallest absolute Gasteiger partial charge is 0.228 e. The van der Waals surface area contributed by atoms with Gasteiger partial charge in [0.25, 0.3) is 0 Å². The molecule has 2 heterocycles. The summed E-state index contributed by atoms with van der Waals surface area (Å²) in [5.41, 5.74) is -0.406. The molecule has 1 saturated heterocycles. The zero-order valence-electron chi connectivity index (χ0n) is 11.9. The number of nitrogens with one attached hydrogen (secondary N) is 1. The Bertz CT molecular complexity index is 379. The van der Waals surface area contributed by atoms with Gasteiger partial charge in [-0.3, -0.25) is 0 Å². The van der Waals surface area contributed by atoms with Gasteiger partial charge < -0.3 is 14.6 Å². The molecule has 0 radical (unpaired) electrons. The van der Waals surface area contributed by atoms with Gasteiger partial charge in [0.2, 0.25) is 11.7 Å². The fraction of sp³-hybridized carbons (Fsp3) is 0.846. The molecule has 1 aromatic heterocycles. The topological polar surface area (TPSA) is 60.2 Å². The first kappa shape index (κ1) is 14.8. The van der Waals surface area contributed by atoms with Crippen LogP contribution in [0.5, 0.6) is 0 Å². The summed E-state index contributed by atoms with van der Waals surface area (Å²) in [5.74, 6) is 3.68. The molecule has 0 bridgehead atoms. The van der Waals surface area contributed by atoms with Crippen LogP contribution in [0.1, 0.15) is 38.4 Å². The van der Waals surface area contributed by atoms with Crippen molar-refractivity contribution in [1.29, 1.82) is 0 Å². The molecular weight excluding hydrogens is 262 g/mol. The molecule has 2 rings (SSSR count). The van der Waals surface area contributed by atoms with Gasteiger partial charge in [0.1, 0.15) is 5.60 Å². The second-order valence-electron chi connectivity index (χ2n) is 4.85. The van der Waals surface area contributed by atoms with E-state index in [0.29, 0.717) is 17.8 Å². The predicted molar refractivity (Wildman–Crippen MR) is 76.4 cm³/mol. The minimum Gasteiger partial charge on any atom is -0.370 e. The molecule has 0 aliphatic carbocycles. The Morgan fingerprint density at radius 2 is 2.26 bits per heavy atom. The van der Waals surface area contributed by atoms with E-state index in [0.717, 1.165) is 31.6 Å². The molecule has 0 aromatic carbocycles. The Labute approximate surface area is 118 Å². The van der Waals surface area contributed by atoms with Crippen LogP contribution in [0, 0.1) is 0 Å². The van der Waals surface area contributed by atoms with Gasteiger partial charge in [-0.2, -0.15) is 16.7 Å². The number of ether oxygens (including phenoxy) is 1. The fourth-order valence-electron chi connectivity index (χ4n) is 2.43. The Morgan fingerprint density at radius 3 is 2.84 bits per heavy atom. The summed E-state index contributed by atoms with van der Waals surface area (Å²) >= 11 is 1.97. The first-order valence-electron chi connectivity index (χ1n) is 6.93. The molecule has 1 aromatic rings. The predicted octanol–water partition coefficient (Wildman–Crippen LogP) is 1.98. The van der Waals surface area contributed by atoms with Crippen molar-refractivity contribution in [3.8, 4) is 0 Å². The van der Waals surface area contributed by atoms with Crippen LogP contribution in [0.4, 0.5) is 0 Å². The Balaban J connectivity index is 2.05. The lowest BCUT2D eigenvalue weighted by atomic mass is 9.96. The summed E-state index contributed by atoms with van der Waals surface area (Å²) in [6, 6.07) is 0.437. The number of rotatable bonds is 6. The van der Waals surface area contributed by atoms with Crippen LogP contribution >= 0.6 is 11.8 Å². The number of thioether (sulfide) groups is 1. The SMILES string of the molecule is CCC(CC)(OC)c1noc(CC2CSCCN2)n1. The zero-order chi connectivity index (χ0) is 13.7. The average molecular weight is 285 g/mol. The normalized spacial score (nSPS) is 20.7. The Kier molecular flexibility index (Phi) is 5.24. The van der Waals surface area contributed by atoms with E-state index in [9.17, 15) is 0 Å². The molecular formula is C13H23N3O2S. The molecule has 108 valence electrons. The summed E-state index contributed by atoms with van der Waals surface area (Å²) in [5, 5.41) is 7.60. The maximum atomic E-state index is 5.62. The van der Waals surface area contributed by atoms with Crippen molar-refractivity contribution in [1.82, 2.24) is 15.5 Å². The molecule has 1 N–H and O–H groups in total. The lowest BCUT2D eigenvalue weighted by Crippen LogP contribution is -2.39. The van der Waals surface area contributed by atoms with Crippen LogP contribution in [-0.2, 0) is 16.8 Å². The third kappa shape index (κ3) is 3.30. The lowest BCUT2D eigenvalue weighted by molar-refractivity contribution is -0.0306. The van der Waals surface area contributed by atoms with Gasteiger partial charge in [-0.15, -0.1) is 0 Å². The van der Waals surface area contributed by atoms with Gasteiger partial charge in [0.15, 0.2) is 0 Å². The summed E-state index contributed by atoms with van der Waals surface area (Å²) in [6.07, 6.45) is 2.49. The van der Waals surface area contributed by atoms with Gasteiger partial charge in [-0.1, -0.05) is 19.0 Å².